The van der Waals surface area contributed by atoms with Gasteiger partial charge in [0, 0.05) is 12.0 Å². The molecular formula is C17H25NO2U. The average molecular weight is 513 g/mol. The number of rotatable bonds is 8. The molecule has 0 atom stereocenters. The molecule has 0 N–H and O–H groups in total. The van der Waals surface area contributed by atoms with E-state index in [9.17, 15) is 4.79 Å². The molecule has 0 saturated heterocycles. The van der Waals surface area contributed by atoms with Crippen LogP contribution in [0.15, 0.2) is 24.3 Å². The van der Waals surface area contributed by atoms with Crippen molar-refractivity contribution in [2.45, 2.75) is 26.2 Å². The molecule has 0 aliphatic carbocycles. The average Bonchev–Trinajstić information content (AvgIpc) is 2.44. The summed E-state index contributed by atoms with van der Waals surface area (Å²) in [5.74, 6) is 0.980. The number of carbonyl (C=O) groups excluding carboxylic acids is 1. The molecule has 0 saturated carbocycles. The standard InChI is InChI=1S/C17H25NO2.U/c1-6-18(7-2)12-13-20-16-10-8-15(9-11-16)17(4,5)14(3)19;/h8-11H,1-2,6-7,12-13H2,3-5H3;/q-2;+2. The summed E-state index contributed by atoms with van der Waals surface area (Å²) in [6.45, 7) is 16.1. The Hall–Kier alpha value is -0.298. The Bertz CT molecular complexity index is 425. The molecule has 0 unspecified atom stereocenters. The summed E-state index contributed by atoms with van der Waals surface area (Å²) in [6.07, 6.45) is 0. The Morgan fingerprint density at radius 2 is 1.71 bits per heavy atom. The second kappa shape index (κ2) is 9.66. The van der Waals surface area contributed by atoms with Gasteiger partial charge in [-0.1, -0.05) is 12.1 Å². The first-order valence-corrected chi connectivity index (χ1v) is 6.97. The van der Waals surface area contributed by atoms with Crippen molar-refractivity contribution < 1.29 is 40.6 Å². The molecule has 0 aliphatic rings. The van der Waals surface area contributed by atoms with Gasteiger partial charge in [-0.15, -0.1) is 13.1 Å². The van der Waals surface area contributed by atoms with Gasteiger partial charge in [-0.25, -0.2) is 0 Å². The van der Waals surface area contributed by atoms with Gasteiger partial charge in [0.05, 0.1) is 0 Å². The number of Topliss-reactive ketones (excluding diaryl/α,β-unsaturated/α-hetero) is 1. The van der Waals surface area contributed by atoms with Gasteiger partial charge in [0.15, 0.2) is 0 Å². The summed E-state index contributed by atoms with van der Waals surface area (Å²) in [6, 6.07) is 7.74. The maximum absolute atomic E-state index is 11.6. The first-order chi connectivity index (χ1) is 9.41. The summed E-state index contributed by atoms with van der Waals surface area (Å²) in [5.41, 5.74) is 0.561. The van der Waals surface area contributed by atoms with E-state index in [1.54, 1.807) is 6.92 Å². The van der Waals surface area contributed by atoms with Crippen LogP contribution in [-0.4, -0.2) is 36.9 Å². The number of carbonyl (C=O) groups is 1. The van der Waals surface area contributed by atoms with Crippen LogP contribution in [0.5, 0.6) is 5.75 Å². The molecule has 4 heteroatoms. The van der Waals surface area contributed by atoms with Gasteiger partial charge in [-0.05, 0) is 38.5 Å². The van der Waals surface area contributed by atoms with Crippen LogP contribution in [0.1, 0.15) is 26.3 Å². The molecule has 114 valence electrons. The smallest absolute Gasteiger partial charge is 0.492 e. The molecule has 0 heterocycles. The number of nitrogens with zero attached hydrogens (tertiary/aromatic N) is 1. The monoisotopic (exact) mass is 513 g/mol. The zero-order chi connectivity index (χ0) is 15.2. The Morgan fingerprint density at radius 3 is 2.14 bits per heavy atom. The van der Waals surface area contributed by atoms with Crippen molar-refractivity contribution in [2.75, 3.05) is 26.2 Å². The number of hydrogen-bond acceptors (Lipinski definition) is 3. The van der Waals surface area contributed by atoms with E-state index in [0.717, 1.165) is 30.9 Å². The van der Waals surface area contributed by atoms with E-state index in [0.29, 0.717) is 6.61 Å². The quantitative estimate of drug-likeness (QED) is 0.501. The predicted octanol–water partition coefficient (Wildman–Crippen LogP) is 2.90. The third-order valence-corrected chi connectivity index (χ3v) is 3.76. The SMILES string of the molecule is [CH2-]CN(C[CH2-])CCOc1ccc(C(C)(C)C(C)=O)cc1.[U+2]. The van der Waals surface area contributed by atoms with Crippen LogP contribution in [0, 0.1) is 45.0 Å². The molecule has 0 spiro atoms. The normalized spacial score (nSPS) is 11.1. The topological polar surface area (TPSA) is 29.5 Å². The maximum atomic E-state index is 11.6. The van der Waals surface area contributed by atoms with E-state index >= 15 is 0 Å². The fourth-order valence-electron chi connectivity index (χ4n) is 1.80. The van der Waals surface area contributed by atoms with Crippen LogP contribution in [0.2, 0.25) is 0 Å². The van der Waals surface area contributed by atoms with Gasteiger partial charge >= 0.3 is 31.1 Å². The molecule has 0 fully saturated rings. The summed E-state index contributed by atoms with van der Waals surface area (Å²) in [4.78, 5) is 13.7. The van der Waals surface area contributed by atoms with Gasteiger partial charge in [0.2, 0.25) is 0 Å². The van der Waals surface area contributed by atoms with Crippen LogP contribution in [0.3, 0.4) is 0 Å². The molecular weight excluding hydrogens is 488 g/mol. The largest absolute Gasteiger partial charge is 2.00 e. The Kier molecular flexibility index (Phi) is 9.53. The van der Waals surface area contributed by atoms with E-state index in [-0.39, 0.29) is 36.9 Å². The fourth-order valence-corrected chi connectivity index (χ4v) is 1.80. The second-order valence-corrected chi connectivity index (χ2v) is 5.40. The molecule has 0 bridgehead atoms. The number of benzene rings is 1. The molecule has 0 aliphatic heterocycles. The van der Waals surface area contributed by atoms with Crippen LogP contribution in [-0.2, 0) is 10.2 Å². The number of ether oxygens (including phenoxy) is 1. The van der Waals surface area contributed by atoms with Crippen LogP contribution in [0.4, 0.5) is 0 Å². The van der Waals surface area contributed by atoms with Gasteiger partial charge in [0.1, 0.15) is 18.1 Å². The van der Waals surface area contributed by atoms with Crippen molar-refractivity contribution in [1.82, 2.24) is 4.90 Å². The van der Waals surface area contributed by atoms with Gasteiger partial charge < -0.3 is 23.5 Å². The summed E-state index contributed by atoms with van der Waals surface area (Å²) in [7, 11) is 0. The van der Waals surface area contributed by atoms with Crippen molar-refractivity contribution in [3.63, 3.8) is 0 Å². The molecule has 1 rings (SSSR count). The molecule has 1 aromatic carbocycles. The maximum Gasteiger partial charge on any atom is 2.00 e. The minimum Gasteiger partial charge on any atom is -0.492 e. The van der Waals surface area contributed by atoms with E-state index in [2.05, 4.69) is 18.7 Å². The second-order valence-electron chi connectivity index (χ2n) is 5.40. The molecule has 0 aromatic heterocycles. The predicted molar refractivity (Wildman–Crippen MR) is 82.8 cm³/mol. The first kappa shape index (κ1) is 20.7. The van der Waals surface area contributed by atoms with E-state index in [1.807, 2.05) is 38.1 Å². The van der Waals surface area contributed by atoms with Gasteiger partial charge in [-0.2, -0.15) is 0 Å². The van der Waals surface area contributed by atoms with E-state index in [1.165, 1.54) is 0 Å². The number of hydrogen-bond donors (Lipinski definition) is 0. The third kappa shape index (κ3) is 6.14. The molecule has 0 amide bonds. The van der Waals surface area contributed by atoms with Gasteiger partial charge in [-0.3, -0.25) is 4.79 Å². The summed E-state index contributed by atoms with van der Waals surface area (Å²) in [5, 5.41) is 0. The Morgan fingerprint density at radius 1 is 1.19 bits per heavy atom. The zero-order valence-electron chi connectivity index (χ0n) is 13.3. The van der Waals surface area contributed by atoms with Crippen molar-refractivity contribution in [3.05, 3.63) is 43.7 Å². The molecule has 3 nitrogen and oxygen atoms in total. The van der Waals surface area contributed by atoms with Gasteiger partial charge in [0.25, 0.3) is 0 Å². The third-order valence-electron chi connectivity index (χ3n) is 3.76. The van der Waals surface area contributed by atoms with Crippen molar-refractivity contribution in [2.24, 2.45) is 0 Å². The molecule has 21 heavy (non-hydrogen) atoms. The zero-order valence-corrected chi connectivity index (χ0v) is 17.5. The number of ketones is 1. The Labute approximate surface area is 152 Å². The fraction of sp³-hybridized carbons (Fsp3) is 0.471. The molecule has 1 aromatic rings. The van der Waals surface area contributed by atoms with Crippen LogP contribution < -0.4 is 4.74 Å². The van der Waals surface area contributed by atoms with E-state index in [4.69, 9.17) is 4.74 Å². The summed E-state index contributed by atoms with van der Waals surface area (Å²) < 4.78 is 5.69. The van der Waals surface area contributed by atoms with Crippen molar-refractivity contribution in [3.8, 4) is 5.75 Å². The van der Waals surface area contributed by atoms with Crippen LogP contribution >= 0.6 is 0 Å². The van der Waals surface area contributed by atoms with Crippen molar-refractivity contribution in [1.29, 1.82) is 0 Å². The minimum absolute atomic E-state index is 0. The van der Waals surface area contributed by atoms with E-state index < -0.39 is 5.41 Å². The minimum atomic E-state index is -0.447. The van der Waals surface area contributed by atoms with Crippen molar-refractivity contribution >= 4 is 5.78 Å². The molecule has 0 radical (unpaired) electrons. The van der Waals surface area contributed by atoms with Crippen LogP contribution in [0.25, 0.3) is 0 Å². The first-order valence-electron chi connectivity index (χ1n) is 6.97. The summed E-state index contributed by atoms with van der Waals surface area (Å²) >= 11 is 0. The Balaban J connectivity index is 0.00000400.